The van der Waals surface area contributed by atoms with Gasteiger partial charge >= 0.3 is 5.69 Å². The van der Waals surface area contributed by atoms with E-state index in [4.69, 9.17) is 0 Å². The third-order valence-corrected chi connectivity index (χ3v) is 4.28. The number of aromatic nitrogens is 4. The Morgan fingerprint density at radius 3 is 2.46 bits per heavy atom. The highest BCUT2D eigenvalue weighted by molar-refractivity contribution is 5.97. The van der Waals surface area contributed by atoms with Crippen molar-refractivity contribution in [2.24, 2.45) is 0 Å². The maximum atomic E-state index is 12.6. The summed E-state index contributed by atoms with van der Waals surface area (Å²) in [5, 5.41) is 11.9. The van der Waals surface area contributed by atoms with Crippen LogP contribution in [-0.2, 0) is 4.79 Å². The van der Waals surface area contributed by atoms with Gasteiger partial charge in [-0.05, 0) is 6.07 Å². The fourth-order valence-electron chi connectivity index (χ4n) is 2.80. The highest BCUT2D eigenvalue weighted by Gasteiger charge is 2.29. The molecule has 148 valence electrons. The van der Waals surface area contributed by atoms with E-state index in [2.05, 4.69) is 20.3 Å². The first-order valence-electron chi connectivity index (χ1n) is 8.54. The fraction of sp³-hybridized carbons (Fsp3) is 0.375. The average molecular weight is 389 g/mol. The van der Waals surface area contributed by atoms with Gasteiger partial charge in [0.15, 0.2) is 0 Å². The second kappa shape index (κ2) is 8.43. The second-order valence-electron chi connectivity index (χ2n) is 6.06. The molecule has 12 heteroatoms. The molecule has 1 atom stereocenters. The van der Waals surface area contributed by atoms with Crippen LogP contribution in [0.5, 0.6) is 0 Å². The van der Waals surface area contributed by atoms with Crippen molar-refractivity contribution in [3.8, 4) is 0 Å². The highest BCUT2D eigenvalue weighted by Crippen LogP contribution is 2.10. The lowest BCUT2D eigenvalue weighted by Gasteiger charge is -2.36. The minimum absolute atomic E-state index is 0.364. The minimum Gasteiger partial charge on any atom is -0.394 e. The van der Waals surface area contributed by atoms with E-state index < -0.39 is 35.7 Å². The molecule has 0 aliphatic carbocycles. The van der Waals surface area contributed by atoms with Crippen LogP contribution in [0, 0.1) is 0 Å². The van der Waals surface area contributed by atoms with Crippen LogP contribution in [-0.4, -0.2) is 80.6 Å². The van der Waals surface area contributed by atoms with Crippen LogP contribution in [0.15, 0.2) is 34.2 Å². The summed E-state index contributed by atoms with van der Waals surface area (Å²) in [6.07, 6.45) is 4.22. The van der Waals surface area contributed by atoms with Crippen LogP contribution in [0.25, 0.3) is 0 Å². The molecule has 1 fully saturated rings. The first kappa shape index (κ1) is 19.2. The van der Waals surface area contributed by atoms with Gasteiger partial charge in [-0.1, -0.05) is 0 Å². The van der Waals surface area contributed by atoms with E-state index in [1.165, 1.54) is 4.90 Å². The predicted molar refractivity (Wildman–Crippen MR) is 96.8 cm³/mol. The molecule has 1 saturated heterocycles. The lowest BCUT2D eigenvalue weighted by molar-refractivity contribution is -0.134. The second-order valence-corrected chi connectivity index (χ2v) is 6.06. The maximum absolute atomic E-state index is 12.6. The number of piperazine rings is 1. The van der Waals surface area contributed by atoms with Gasteiger partial charge in [0.1, 0.15) is 11.6 Å². The number of rotatable bonds is 5. The molecule has 1 aliphatic rings. The predicted octanol–water partition coefficient (Wildman–Crippen LogP) is -2.71. The molecule has 1 aliphatic heterocycles. The first-order valence-corrected chi connectivity index (χ1v) is 8.54. The van der Waals surface area contributed by atoms with Crippen molar-refractivity contribution in [2.75, 3.05) is 37.7 Å². The van der Waals surface area contributed by atoms with Gasteiger partial charge in [-0.2, -0.15) is 0 Å². The van der Waals surface area contributed by atoms with Gasteiger partial charge in [0.2, 0.25) is 11.9 Å². The molecule has 0 aromatic carbocycles. The number of anilines is 1. The molecule has 2 aromatic heterocycles. The molecule has 2 aromatic rings. The number of amides is 2. The minimum atomic E-state index is -1.21. The molecule has 0 radical (unpaired) electrons. The Morgan fingerprint density at radius 1 is 1.18 bits per heavy atom. The summed E-state index contributed by atoms with van der Waals surface area (Å²) in [5.74, 6) is -0.773. The highest BCUT2D eigenvalue weighted by atomic mass is 16.3. The number of nitrogens with zero attached hydrogens (tertiary/aromatic N) is 4. The summed E-state index contributed by atoms with van der Waals surface area (Å²) in [4.78, 5) is 63.4. The van der Waals surface area contributed by atoms with E-state index in [1.54, 1.807) is 18.5 Å². The Labute approximate surface area is 158 Å². The van der Waals surface area contributed by atoms with Gasteiger partial charge in [-0.15, -0.1) is 0 Å². The van der Waals surface area contributed by atoms with Crippen molar-refractivity contribution in [3.63, 3.8) is 0 Å². The fourth-order valence-corrected chi connectivity index (χ4v) is 2.80. The molecule has 28 heavy (non-hydrogen) atoms. The van der Waals surface area contributed by atoms with Gasteiger partial charge in [-0.25, -0.2) is 14.8 Å². The molecule has 12 nitrogen and oxygen atoms in total. The van der Waals surface area contributed by atoms with Crippen molar-refractivity contribution in [1.29, 1.82) is 0 Å². The monoisotopic (exact) mass is 389 g/mol. The lowest BCUT2D eigenvalue weighted by atomic mass is 10.2. The SMILES string of the molecule is O=C(NC(CO)C(=O)N1CCN(c2ncccn2)CC1)c1c[nH]c(=O)[nH]c1=O. The van der Waals surface area contributed by atoms with Crippen LogP contribution in [0.4, 0.5) is 5.95 Å². The van der Waals surface area contributed by atoms with Crippen LogP contribution < -0.4 is 21.5 Å². The van der Waals surface area contributed by atoms with Gasteiger partial charge in [0, 0.05) is 44.8 Å². The Balaban J connectivity index is 1.61. The average Bonchev–Trinajstić information content (AvgIpc) is 2.72. The smallest absolute Gasteiger partial charge is 0.325 e. The quantitative estimate of drug-likeness (QED) is 0.429. The number of aliphatic hydroxyl groups is 1. The topological polar surface area (TPSA) is 164 Å². The Hall–Kier alpha value is -3.54. The Bertz CT molecular complexity index is 950. The van der Waals surface area contributed by atoms with E-state index in [1.807, 2.05) is 9.88 Å². The van der Waals surface area contributed by atoms with Crippen LogP contribution in [0.3, 0.4) is 0 Å². The largest absolute Gasteiger partial charge is 0.394 e. The van der Waals surface area contributed by atoms with Gasteiger partial charge in [0.25, 0.3) is 11.5 Å². The molecule has 4 N–H and O–H groups in total. The number of aromatic amines is 2. The van der Waals surface area contributed by atoms with Crippen molar-refractivity contribution >= 4 is 17.8 Å². The van der Waals surface area contributed by atoms with E-state index in [9.17, 15) is 24.3 Å². The number of hydrogen-bond acceptors (Lipinski definition) is 8. The van der Waals surface area contributed by atoms with E-state index in [-0.39, 0.29) is 5.56 Å². The molecule has 0 bridgehead atoms. The van der Waals surface area contributed by atoms with Crippen LogP contribution in [0.1, 0.15) is 10.4 Å². The zero-order chi connectivity index (χ0) is 20.1. The Kier molecular flexibility index (Phi) is 5.79. The van der Waals surface area contributed by atoms with Crippen LogP contribution in [0.2, 0.25) is 0 Å². The summed E-state index contributed by atoms with van der Waals surface area (Å²) in [6, 6.07) is 0.504. The van der Waals surface area contributed by atoms with E-state index in [0.29, 0.717) is 32.1 Å². The molecular weight excluding hydrogens is 370 g/mol. The van der Waals surface area contributed by atoms with Crippen LogP contribution >= 0.6 is 0 Å². The molecule has 0 spiro atoms. The summed E-state index contributed by atoms with van der Waals surface area (Å²) in [5.41, 5.74) is -2.00. The number of H-pyrrole nitrogens is 2. The third kappa shape index (κ3) is 4.23. The van der Waals surface area contributed by atoms with E-state index >= 15 is 0 Å². The first-order chi connectivity index (χ1) is 13.5. The zero-order valence-electron chi connectivity index (χ0n) is 14.8. The van der Waals surface area contributed by atoms with Crippen molar-refractivity contribution in [3.05, 3.63) is 51.1 Å². The normalized spacial score (nSPS) is 15.2. The molecule has 3 rings (SSSR count). The van der Waals surface area contributed by atoms with E-state index in [0.717, 1.165) is 6.20 Å². The van der Waals surface area contributed by atoms with Crippen molar-refractivity contribution in [2.45, 2.75) is 6.04 Å². The zero-order valence-corrected chi connectivity index (χ0v) is 14.8. The van der Waals surface area contributed by atoms with Gasteiger partial charge < -0.3 is 25.2 Å². The number of nitrogens with one attached hydrogen (secondary N) is 3. The molecular formula is C16H19N7O5. The summed E-state index contributed by atoms with van der Waals surface area (Å²) in [7, 11) is 0. The molecule has 3 heterocycles. The van der Waals surface area contributed by atoms with Gasteiger partial charge in [0.05, 0.1) is 6.61 Å². The van der Waals surface area contributed by atoms with Gasteiger partial charge in [-0.3, -0.25) is 19.4 Å². The molecule has 1 unspecified atom stereocenters. The summed E-state index contributed by atoms with van der Waals surface area (Å²) >= 11 is 0. The number of carbonyl (C=O) groups is 2. The summed E-state index contributed by atoms with van der Waals surface area (Å²) < 4.78 is 0. The standard InChI is InChI=1S/C16H19N7O5/c24-9-11(20-12(25)10-8-19-16(28)21-13(10)26)14(27)22-4-6-23(7-5-22)15-17-2-1-3-18-15/h1-3,8,11,24H,4-7,9H2,(H,20,25)(H2,19,21,26,28). The lowest BCUT2D eigenvalue weighted by Crippen LogP contribution is -2.56. The molecule has 2 amide bonds. The number of hydrogen-bond donors (Lipinski definition) is 4. The number of carbonyl (C=O) groups excluding carboxylic acids is 2. The Morgan fingerprint density at radius 2 is 1.86 bits per heavy atom. The third-order valence-electron chi connectivity index (χ3n) is 4.28. The molecule has 0 saturated carbocycles. The van der Waals surface area contributed by atoms with Crippen molar-refractivity contribution < 1.29 is 14.7 Å². The number of aliphatic hydroxyl groups excluding tert-OH is 1. The summed E-state index contributed by atoms with van der Waals surface area (Å²) in [6.45, 7) is 1.10. The maximum Gasteiger partial charge on any atom is 0.325 e. The van der Waals surface area contributed by atoms with Crippen molar-refractivity contribution in [1.82, 2.24) is 30.2 Å².